The van der Waals surface area contributed by atoms with Gasteiger partial charge in [0.1, 0.15) is 0 Å². The third-order valence-electron chi connectivity index (χ3n) is 0.856. The maximum Gasteiger partial charge on any atom is 0.330 e. The Morgan fingerprint density at radius 2 is 2.10 bits per heavy atom. The number of esters is 1. The highest BCUT2D eigenvalue weighted by atomic mass is 79.9. The van der Waals surface area contributed by atoms with Crippen molar-refractivity contribution >= 4 is 21.9 Å². The van der Waals surface area contributed by atoms with E-state index < -0.39 is 0 Å². The Morgan fingerprint density at radius 1 is 1.50 bits per heavy atom. The van der Waals surface area contributed by atoms with Crippen molar-refractivity contribution in [3.63, 3.8) is 0 Å². The minimum absolute atomic E-state index is 0.348. The van der Waals surface area contributed by atoms with Gasteiger partial charge in [0.2, 0.25) is 0 Å². The molecule has 0 rings (SSSR count). The molecule has 0 spiro atoms. The van der Waals surface area contributed by atoms with Gasteiger partial charge in [0.05, 0.1) is 7.11 Å². The van der Waals surface area contributed by atoms with Gasteiger partial charge in [-0.2, -0.15) is 0 Å². The lowest BCUT2D eigenvalue weighted by Gasteiger charge is -1.88. The molecule has 0 aliphatic heterocycles. The summed E-state index contributed by atoms with van der Waals surface area (Å²) in [4.78, 5) is 10.5. The van der Waals surface area contributed by atoms with Gasteiger partial charge in [-0.25, -0.2) is 4.79 Å². The van der Waals surface area contributed by atoms with Gasteiger partial charge in [0.15, 0.2) is 0 Å². The van der Waals surface area contributed by atoms with Crippen molar-refractivity contribution < 1.29 is 9.53 Å². The molecule has 56 valence electrons. The molecule has 0 heterocycles. The Hall–Kier alpha value is -0.570. The second kappa shape index (κ2) is 5.23. The molecule has 0 fully saturated rings. The van der Waals surface area contributed by atoms with E-state index in [9.17, 15) is 4.79 Å². The van der Waals surface area contributed by atoms with E-state index in [0.29, 0.717) is 0 Å². The van der Waals surface area contributed by atoms with Crippen LogP contribution >= 0.6 is 15.9 Å². The van der Waals surface area contributed by atoms with E-state index in [2.05, 4.69) is 20.7 Å². The van der Waals surface area contributed by atoms with E-state index in [0.717, 1.165) is 4.48 Å². The minimum atomic E-state index is -0.348. The first kappa shape index (κ1) is 9.43. The van der Waals surface area contributed by atoms with Crippen molar-refractivity contribution in [3.8, 4) is 0 Å². The van der Waals surface area contributed by atoms with Crippen LogP contribution in [0.5, 0.6) is 0 Å². The van der Waals surface area contributed by atoms with Crippen LogP contribution in [0.1, 0.15) is 6.92 Å². The number of carbonyl (C=O) groups is 1. The lowest BCUT2D eigenvalue weighted by molar-refractivity contribution is -0.134. The summed E-state index contributed by atoms with van der Waals surface area (Å²) in [5, 5.41) is 0. The maximum absolute atomic E-state index is 10.5. The molecule has 0 aromatic heterocycles. The van der Waals surface area contributed by atoms with Gasteiger partial charge in [0, 0.05) is 10.6 Å². The van der Waals surface area contributed by atoms with Gasteiger partial charge in [-0.3, -0.25) is 0 Å². The summed E-state index contributed by atoms with van der Waals surface area (Å²) >= 11 is 3.20. The van der Waals surface area contributed by atoms with E-state index in [4.69, 9.17) is 0 Å². The van der Waals surface area contributed by atoms with E-state index in [1.54, 1.807) is 6.08 Å². The van der Waals surface area contributed by atoms with Crippen molar-refractivity contribution in [2.75, 3.05) is 7.11 Å². The second-order valence-electron chi connectivity index (χ2n) is 1.53. The van der Waals surface area contributed by atoms with Crippen molar-refractivity contribution in [2.45, 2.75) is 6.92 Å². The van der Waals surface area contributed by atoms with Gasteiger partial charge >= 0.3 is 5.97 Å². The van der Waals surface area contributed by atoms with Crippen molar-refractivity contribution in [1.29, 1.82) is 0 Å². The summed E-state index contributed by atoms with van der Waals surface area (Å²) in [6.45, 7) is 1.87. The van der Waals surface area contributed by atoms with Gasteiger partial charge in [0.25, 0.3) is 0 Å². The van der Waals surface area contributed by atoms with E-state index in [-0.39, 0.29) is 5.97 Å². The molecule has 0 unspecified atom stereocenters. The molecule has 0 aliphatic carbocycles. The van der Waals surface area contributed by atoms with Crippen molar-refractivity contribution in [1.82, 2.24) is 0 Å². The highest BCUT2D eigenvalue weighted by molar-refractivity contribution is 9.11. The normalized spacial score (nSPS) is 12.1. The average Bonchev–Trinajstić information content (AvgIpc) is 1.99. The van der Waals surface area contributed by atoms with Crippen LogP contribution < -0.4 is 0 Å². The van der Waals surface area contributed by atoms with Gasteiger partial charge in [-0.1, -0.05) is 22.0 Å². The first-order valence-corrected chi connectivity index (χ1v) is 3.58. The molecule has 0 amide bonds. The summed E-state index contributed by atoms with van der Waals surface area (Å²) in [6.07, 6.45) is 4.81. The Morgan fingerprint density at radius 3 is 2.50 bits per heavy atom. The molecular weight excluding hydrogens is 196 g/mol. The zero-order valence-electron chi connectivity index (χ0n) is 5.93. The standard InChI is InChI=1S/C7H9BrO2/c1-3-6(8)4-5-7(9)10-2/h3-5H,1-2H3/b5-4+,6-3-. The number of carbonyl (C=O) groups excluding carboxylic acids is 1. The van der Waals surface area contributed by atoms with Crippen LogP contribution in [0.2, 0.25) is 0 Å². The Bertz CT molecular complexity index is 170. The number of methoxy groups -OCH3 is 1. The molecule has 3 heteroatoms. The van der Waals surface area contributed by atoms with Crippen LogP contribution in [0.3, 0.4) is 0 Å². The fourth-order valence-corrected chi connectivity index (χ4v) is 0.444. The zero-order valence-corrected chi connectivity index (χ0v) is 7.51. The third kappa shape index (κ3) is 4.32. The molecule has 2 nitrogen and oxygen atoms in total. The number of allylic oxidation sites excluding steroid dienone is 3. The largest absolute Gasteiger partial charge is 0.466 e. The summed E-state index contributed by atoms with van der Waals surface area (Å²) in [5.41, 5.74) is 0. The molecule has 0 saturated carbocycles. The summed E-state index contributed by atoms with van der Waals surface area (Å²) in [5.74, 6) is -0.348. The van der Waals surface area contributed by atoms with Crippen molar-refractivity contribution in [3.05, 3.63) is 22.7 Å². The van der Waals surface area contributed by atoms with Gasteiger partial charge < -0.3 is 4.74 Å². The highest BCUT2D eigenvalue weighted by Crippen LogP contribution is 2.04. The Balaban J connectivity index is 3.88. The summed E-state index contributed by atoms with van der Waals surface area (Å²) in [7, 11) is 1.34. The number of ether oxygens (including phenoxy) is 1. The van der Waals surface area contributed by atoms with Crippen LogP contribution in [0.15, 0.2) is 22.7 Å². The lowest BCUT2D eigenvalue weighted by Crippen LogP contribution is -1.93. The SMILES string of the molecule is C/C=C(Br)/C=C/C(=O)OC. The topological polar surface area (TPSA) is 26.3 Å². The van der Waals surface area contributed by atoms with E-state index in [1.165, 1.54) is 13.2 Å². The maximum atomic E-state index is 10.5. The van der Waals surface area contributed by atoms with Gasteiger partial charge in [-0.05, 0) is 13.0 Å². The molecule has 0 atom stereocenters. The first-order chi connectivity index (χ1) is 4.70. The highest BCUT2D eigenvalue weighted by Gasteiger charge is 1.89. The molecule has 0 bridgehead atoms. The number of hydrogen-bond acceptors (Lipinski definition) is 2. The Kier molecular flexibility index (Phi) is 4.94. The predicted molar refractivity (Wildman–Crippen MR) is 43.8 cm³/mol. The molecule has 0 saturated heterocycles. The third-order valence-corrected chi connectivity index (χ3v) is 1.58. The molecule has 10 heavy (non-hydrogen) atoms. The molecular formula is C7H9BrO2. The van der Waals surface area contributed by atoms with Crippen LogP contribution in [-0.2, 0) is 9.53 Å². The number of rotatable bonds is 2. The molecule has 0 radical (unpaired) electrons. The summed E-state index contributed by atoms with van der Waals surface area (Å²) < 4.78 is 5.23. The smallest absolute Gasteiger partial charge is 0.330 e. The monoisotopic (exact) mass is 204 g/mol. The van der Waals surface area contributed by atoms with Gasteiger partial charge in [-0.15, -0.1) is 0 Å². The molecule has 0 aliphatic rings. The first-order valence-electron chi connectivity index (χ1n) is 2.78. The van der Waals surface area contributed by atoms with E-state index >= 15 is 0 Å². The van der Waals surface area contributed by atoms with Crippen LogP contribution in [0, 0.1) is 0 Å². The predicted octanol–water partition coefficient (Wildman–Crippen LogP) is 2.01. The zero-order chi connectivity index (χ0) is 7.98. The Labute approximate surface area is 68.7 Å². The summed E-state index contributed by atoms with van der Waals surface area (Å²) in [6, 6.07) is 0. The minimum Gasteiger partial charge on any atom is -0.466 e. The molecule has 0 aromatic rings. The number of halogens is 1. The fourth-order valence-electron chi connectivity index (χ4n) is 0.312. The van der Waals surface area contributed by atoms with E-state index in [1.807, 2.05) is 13.0 Å². The second-order valence-corrected chi connectivity index (χ2v) is 2.45. The van der Waals surface area contributed by atoms with Crippen LogP contribution in [0.25, 0.3) is 0 Å². The fraction of sp³-hybridized carbons (Fsp3) is 0.286. The van der Waals surface area contributed by atoms with Crippen molar-refractivity contribution in [2.24, 2.45) is 0 Å². The molecule has 0 aromatic carbocycles. The quantitative estimate of drug-likeness (QED) is 0.391. The average molecular weight is 205 g/mol. The van der Waals surface area contributed by atoms with Crippen LogP contribution in [0.4, 0.5) is 0 Å². The molecule has 0 N–H and O–H groups in total. The lowest BCUT2D eigenvalue weighted by atomic mass is 10.4. The number of hydrogen-bond donors (Lipinski definition) is 0. The van der Waals surface area contributed by atoms with Crippen LogP contribution in [-0.4, -0.2) is 13.1 Å².